The Hall–Kier alpha value is -0.0700. The molecule has 0 saturated carbocycles. The first-order valence-electron chi connectivity index (χ1n) is 6.35. The lowest BCUT2D eigenvalue weighted by Gasteiger charge is -2.27. The first-order valence-corrected chi connectivity index (χ1v) is 8.11. The fourth-order valence-corrected chi connectivity index (χ4v) is 4.66. The largest absolute Gasteiger partial charge is 0.382 e. The average Bonchev–Trinajstić information content (AvgIpc) is 2.81. The average molecular weight is 287 g/mol. The Kier molecular flexibility index (Phi) is 5.98. The molecule has 18 heavy (non-hydrogen) atoms. The summed E-state index contributed by atoms with van der Waals surface area (Å²) in [6, 6.07) is 2.75. The second-order valence-corrected chi connectivity index (χ2v) is 7.06. The van der Waals surface area contributed by atoms with Crippen LogP contribution in [0, 0.1) is 0 Å². The van der Waals surface area contributed by atoms with Gasteiger partial charge in [0.1, 0.15) is 0 Å². The molecule has 1 aliphatic heterocycles. The predicted molar refractivity (Wildman–Crippen MR) is 77.7 cm³/mol. The number of fused-ring (bicyclic) bond motifs is 1. The van der Waals surface area contributed by atoms with Crippen LogP contribution in [0.25, 0.3) is 0 Å². The summed E-state index contributed by atoms with van der Waals surface area (Å²) in [5.74, 6) is 0. The first-order chi connectivity index (χ1) is 8.81. The van der Waals surface area contributed by atoms with Crippen LogP contribution in [0.2, 0.25) is 0 Å². The number of methoxy groups -OCH3 is 1. The van der Waals surface area contributed by atoms with Crippen LogP contribution in [0.1, 0.15) is 24.9 Å². The quantitative estimate of drug-likeness (QED) is 0.781. The molecule has 2 rings (SSSR count). The molecular formula is C13H21NO2S2. The molecule has 0 fully saturated rings. The molecule has 0 amide bonds. The van der Waals surface area contributed by atoms with Crippen molar-refractivity contribution in [3.05, 3.63) is 17.0 Å². The molecule has 1 aromatic heterocycles. The molecule has 0 spiro atoms. The van der Waals surface area contributed by atoms with Gasteiger partial charge in [-0.15, -0.1) is 23.1 Å². The highest BCUT2D eigenvalue weighted by Crippen LogP contribution is 2.43. The Balaban J connectivity index is 1.73. The van der Waals surface area contributed by atoms with Crippen LogP contribution in [0.15, 0.2) is 15.7 Å². The Morgan fingerprint density at radius 2 is 2.28 bits per heavy atom. The zero-order chi connectivity index (χ0) is 12.8. The lowest BCUT2D eigenvalue weighted by Crippen LogP contribution is -2.29. The molecule has 0 radical (unpaired) electrons. The maximum atomic E-state index is 5.47. The van der Waals surface area contributed by atoms with E-state index >= 15 is 0 Å². The molecule has 0 saturated heterocycles. The van der Waals surface area contributed by atoms with E-state index < -0.39 is 0 Å². The molecule has 1 aliphatic rings. The van der Waals surface area contributed by atoms with Crippen LogP contribution in [0.4, 0.5) is 0 Å². The van der Waals surface area contributed by atoms with Gasteiger partial charge in [-0.1, -0.05) is 6.92 Å². The second kappa shape index (κ2) is 7.50. The van der Waals surface area contributed by atoms with Crippen molar-refractivity contribution in [1.82, 2.24) is 5.32 Å². The number of rotatable bonds is 7. The molecule has 3 nitrogen and oxygen atoms in total. The van der Waals surface area contributed by atoms with E-state index in [9.17, 15) is 0 Å². The van der Waals surface area contributed by atoms with Crippen molar-refractivity contribution >= 4 is 23.1 Å². The summed E-state index contributed by atoms with van der Waals surface area (Å²) < 4.78 is 11.9. The van der Waals surface area contributed by atoms with Gasteiger partial charge in [0.25, 0.3) is 0 Å². The van der Waals surface area contributed by atoms with Gasteiger partial charge in [-0.2, -0.15) is 0 Å². The summed E-state index contributed by atoms with van der Waals surface area (Å²) in [4.78, 5) is 0. The maximum Gasteiger partial charge on any atom is 0.0700 e. The van der Waals surface area contributed by atoms with E-state index in [-0.39, 0.29) is 0 Å². The first kappa shape index (κ1) is 14.3. The SMILES string of the molecule is COCCOCCNC1C[C@H](C)Sc2sccc21. The standard InChI is InChI=1S/C13H21NO2S2/c1-10-9-12(11-3-8-17-13(11)18-10)14-4-5-16-7-6-15-2/h3,8,10,12,14H,4-7,9H2,1-2H3/t10-,12?/m0/s1. The van der Waals surface area contributed by atoms with Gasteiger partial charge in [-0.3, -0.25) is 0 Å². The number of thiophene rings is 1. The van der Waals surface area contributed by atoms with Crippen LogP contribution in [0.3, 0.4) is 0 Å². The minimum atomic E-state index is 0.494. The number of hydrogen-bond donors (Lipinski definition) is 1. The topological polar surface area (TPSA) is 30.5 Å². The molecule has 1 unspecified atom stereocenters. The van der Waals surface area contributed by atoms with Gasteiger partial charge in [0.15, 0.2) is 0 Å². The number of hydrogen-bond acceptors (Lipinski definition) is 5. The Labute approximate surface area is 117 Å². The summed E-state index contributed by atoms with van der Waals surface area (Å²) in [6.07, 6.45) is 1.20. The van der Waals surface area contributed by atoms with E-state index in [4.69, 9.17) is 9.47 Å². The van der Waals surface area contributed by atoms with Gasteiger partial charge < -0.3 is 14.8 Å². The van der Waals surface area contributed by atoms with Crippen LogP contribution >= 0.6 is 23.1 Å². The lowest BCUT2D eigenvalue weighted by atomic mass is 10.1. The summed E-state index contributed by atoms with van der Waals surface area (Å²) in [7, 11) is 1.70. The lowest BCUT2D eigenvalue weighted by molar-refractivity contribution is 0.0709. The highest BCUT2D eigenvalue weighted by Gasteiger charge is 2.25. The maximum absolute atomic E-state index is 5.47. The van der Waals surface area contributed by atoms with Gasteiger partial charge >= 0.3 is 0 Å². The number of thioether (sulfide) groups is 1. The summed E-state index contributed by atoms with van der Waals surface area (Å²) in [5, 5.41) is 6.49. The third kappa shape index (κ3) is 3.96. The minimum Gasteiger partial charge on any atom is -0.382 e. The predicted octanol–water partition coefficient (Wildman–Crippen LogP) is 2.93. The van der Waals surface area contributed by atoms with E-state index in [0.717, 1.165) is 13.2 Å². The van der Waals surface area contributed by atoms with Gasteiger partial charge in [0.2, 0.25) is 0 Å². The monoisotopic (exact) mass is 287 g/mol. The van der Waals surface area contributed by atoms with Gasteiger partial charge in [-0.05, 0) is 23.4 Å². The fourth-order valence-electron chi connectivity index (χ4n) is 2.09. The molecule has 0 bridgehead atoms. The summed E-state index contributed by atoms with van der Waals surface area (Å²) >= 11 is 3.86. The molecule has 102 valence electrons. The van der Waals surface area contributed by atoms with Gasteiger partial charge in [-0.25, -0.2) is 0 Å². The minimum absolute atomic E-state index is 0.494. The third-order valence-electron chi connectivity index (χ3n) is 2.98. The Morgan fingerprint density at radius 1 is 1.39 bits per heavy atom. The van der Waals surface area contributed by atoms with Crippen molar-refractivity contribution in [3.63, 3.8) is 0 Å². The third-order valence-corrected chi connectivity index (χ3v) is 5.32. The highest BCUT2D eigenvalue weighted by molar-refractivity contribution is 8.01. The van der Waals surface area contributed by atoms with Crippen molar-refractivity contribution in [2.75, 3.05) is 33.5 Å². The van der Waals surface area contributed by atoms with Crippen molar-refractivity contribution in [1.29, 1.82) is 0 Å². The van der Waals surface area contributed by atoms with Crippen LogP contribution < -0.4 is 5.32 Å². The van der Waals surface area contributed by atoms with Crippen LogP contribution in [-0.4, -0.2) is 38.7 Å². The summed E-state index contributed by atoms with van der Waals surface area (Å²) in [5.41, 5.74) is 1.47. The second-order valence-electron chi connectivity index (χ2n) is 4.44. The number of nitrogens with one attached hydrogen (secondary N) is 1. The van der Waals surface area contributed by atoms with E-state index in [0.29, 0.717) is 24.5 Å². The van der Waals surface area contributed by atoms with Crippen molar-refractivity contribution in [3.8, 4) is 0 Å². The van der Waals surface area contributed by atoms with E-state index in [1.54, 1.807) is 7.11 Å². The molecule has 0 aliphatic carbocycles. The number of ether oxygens (including phenoxy) is 2. The zero-order valence-corrected chi connectivity index (χ0v) is 12.6. The van der Waals surface area contributed by atoms with Crippen LogP contribution in [0.5, 0.6) is 0 Å². The zero-order valence-electron chi connectivity index (χ0n) is 11.0. The Morgan fingerprint density at radius 3 is 3.11 bits per heavy atom. The van der Waals surface area contributed by atoms with Gasteiger partial charge in [0.05, 0.1) is 24.0 Å². The van der Waals surface area contributed by atoms with Crippen LogP contribution in [-0.2, 0) is 9.47 Å². The molecule has 1 aromatic rings. The normalized spacial score (nSPS) is 23.0. The van der Waals surface area contributed by atoms with E-state index in [1.807, 2.05) is 23.1 Å². The smallest absolute Gasteiger partial charge is 0.0700 e. The van der Waals surface area contributed by atoms with Crippen molar-refractivity contribution < 1.29 is 9.47 Å². The molecule has 2 heterocycles. The fraction of sp³-hybridized carbons (Fsp3) is 0.692. The molecular weight excluding hydrogens is 266 g/mol. The molecule has 1 N–H and O–H groups in total. The van der Waals surface area contributed by atoms with E-state index in [1.165, 1.54) is 16.2 Å². The molecule has 0 aromatic carbocycles. The molecule has 5 heteroatoms. The van der Waals surface area contributed by atoms with E-state index in [2.05, 4.69) is 23.7 Å². The Bertz CT molecular complexity index is 357. The van der Waals surface area contributed by atoms with Crippen molar-refractivity contribution in [2.45, 2.75) is 28.8 Å². The molecule has 2 atom stereocenters. The van der Waals surface area contributed by atoms with Crippen molar-refractivity contribution in [2.24, 2.45) is 0 Å². The summed E-state index contributed by atoms with van der Waals surface area (Å²) in [6.45, 7) is 5.31. The van der Waals surface area contributed by atoms with Gasteiger partial charge in [0, 0.05) is 24.9 Å². The highest BCUT2D eigenvalue weighted by atomic mass is 32.2.